The van der Waals surface area contributed by atoms with Gasteiger partial charge < -0.3 is 15.3 Å². The molecule has 0 aromatic carbocycles. The number of aromatic nitrogens is 1. The average molecular weight is 294 g/mol. The van der Waals surface area contributed by atoms with E-state index in [0.717, 1.165) is 25.5 Å². The average Bonchev–Trinajstić information content (AvgIpc) is 2.42. The summed E-state index contributed by atoms with van der Waals surface area (Å²) in [5, 5.41) is 23.0. The molecule has 21 heavy (non-hydrogen) atoms. The van der Waals surface area contributed by atoms with Gasteiger partial charge in [-0.15, -0.1) is 0 Å². The van der Waals surface area contributed by atoms with Gasteiger partial charge in [-0.25, -0.2) is 9.78 Å². The van der Waals surface area contributed by atoms with Gasteiger partial charge in [-0.1, -0.05) is 0 Å². The van der Waals surface area contributed by atoms with Gasteiger partial charge in [0.25, 0.3) is 0 Å². The van der Waals surface area contributed by atoms with Crippen molar-refractivity contribution in [2.75, 3.05) is 18.9 Å². The number of nitrogens with one attached hydrogen (secondary N) is 1. The number of likely N-dealkylation sites (tertiary alicyclic amines) is 1. The fraction of sp³-hybridized carbons (Fsp3) is 0.538. The number of nitro groups is 1. The number of anilines is 1. The molecule has 2 heterocycles. The third kappa shape index (κ3) is 3.46. The Morgan fingerprint density at radius 2 is 2.29 bits per heavy atom. The van der Waals surface area contributed by atoms with Crippen LogP contribution in [0.4, 0.5) is 11.5 Å². The van der Waals surface area contributed by atoms with Crippen molar-refractivity contribution in [3.63, 3.8) is 0 Å². The maximum absolute atomic E-state index is 11.0. The van der Waals surface area contributed by atoms with Crippen LogP contribution in [-0.4, -0.2) is 51.6 Å². The van der Waals surface area contributed by atoms with Crippen LogP contribution in [-0.2, 0) is 0 Å². The van der Waals surface area contributed by atoms with E-state index in [-0.39, 0.29) is 23.2 Å². The molecule has 114 valence electrons. The summed E-state index contributed by atoms with van der Waals surface area (Å²) in [5.74, 6) is -1.17. The second-order valence-corrected chi connectivity index (χ2v) is 5.32. The zero-order chi connectivity index (χ0) is 15.6. The van der Waals surface area contributed by atoms with Gasteiger partial charge in [0.05, 0.1) is 4.92 Å². The van der Waals surface area contributed by atoms with E-state index in [1.807, 2.05) is 7.05 Å². The number of piperidine rings is 1. The summed E-state index contributed by atoms with van der Waals surface area (Å²) in [4.78, 5) is 27.5. The number of hydrogen-bond donors (Lipinski definition) is 2. The van der Waals surface area contributed by atoms with Gasteiger partial charge >= 0.3 is 11.7 Å². The summed E-state index contributed by atoms with van der Waals surface area (Å²) < 4.78 is 0. The van der Waals surface area contributed by atoms with Crippen LogP contribution in [0.3, 0.4) is 0 Å². The minimum atomic E-state index is -1.20. The first-order valence-corrected chi connectivity index (χ1v) is 6.74. The lowest BCUT2D eigenvalue weighted by atomic mass is 9.99. The van der Waals surface area contributed by atoms with Crippen LogP contribution in [0, 0.1) is 10.1 Å². The standard InChI is InChI=1S/C13H18N4O4/c1-8-7-9(5-6-16(8)2)14-12-11(17(20)21)4-3-10(15-12)13(18)19/h3-4,8-9H,5-7H2,1-2H3,(H,14,15)(H,18,19). The minimum Gasteiger partial charge on any atom is -0.477 e. The third-order valence-corrected chi connectivity index (χ3v) is 3.84. The first-order chi connectivity index (χ1) is 9.88. The minimum absolute atomic E-state index is 0.0293. The number of nitrogens with zero attached hydrogens (tertiary/aromatic N) is 3. The highest BCUT2D eigenvalue weighted by Gasteiger charge is 2.26. The fourth-order valence-electron chi connectivity index (χ4n) is 2.44. The molecular weight excluding hydrogens is 276 g/mol. The molecule has 8 nitrogen and oxygen atoms in total. The number of aromatic carboxylic acids is 1. The first-order valence-electron chi connectivity index (χ1n) is 6.74. The molecule has 1 aromatic rings. The summed E-state index contributed by atoms with van der Waals surface area (Å²) in [6.45, 7) is 2.97. The lowest BCUT2D eigenvalue weighted by Gasteiger charge is -2.35. The Morgan fingerprint density at radius 1 is 1.57 bits per heavy atom. The maximum Gasteiger partial charge on any atom is 0.354 e. The predicted octanol–water partition coefficient (Wildman–Crippen LogP) is 1.58. The highest BCUT2D eigenvalue weighted by molar-refractivity contribution is 5.86. The van der Waals surface area contributed by atoms with Gasteiger partial charge in [0.2, 0.25) is 5.82 Å². The van der Waals surface area contributed by atoms with Crippen molar-refractivity contribution in [1.29, 1.82) is 0 Å². The second kappa shape index (κ2) is 6.04. The largest absolute Gasteiger partial charge is 0.477 e. The molecule has 1 aromatic heterocycles. The molecule has 0 radical (unpaired) electrons. The highest BCUT2D eigenvalue weighted by atomic mass is 16.6. The van der Waals surface area contributed by atoms with E-state index in [9.17, 15) is 14.9 Å². The van der Waals surface area contributed by atoms with E-state index in [2.05, 4.69) is 22.1 Å². The summed E-state index contributed by atoms with van der Waals surface area (Å²) in [6, 6.07) is 2.73. The van der Waals surface area contributed by atoms with Crippen LogP contribution in [0.1, 0.15) is 30.3 Å². The van der Waals surface area contributed by atoms with Crippen LogP contribution in [0.2, 0.25) is 0 Å². The normalized spacial score (nSPS) is 22.8. The zero-order valence-corrected chi connectivity index (χ0v) is 11.9. The Morgan fingerprint density at radius 3 is 2.86 bits per heavy atom. The van der Waals surface area contributed by atoms with Crippen LogP contribution >= 0.6 is 0 Å². The van der Waals surface area contributed by atoms with Gasteiger partial charge in [-0.2, -0.15) is 0 Å². The van der Waals surface area contributed by atoms with E-state index in [1.165, 1.54) is 6.07 Å². The van der Waals surface area contributed by atoms with Crippen molar-refractivity contribution in [3.05, 3.63) is 27.9 Å². The maximum atomic E-state index is 11.0. The molecule has 0 aliphatic carbocycles. The molecule has 0 spiro atoms. The van der Waals surface area contributed by atoms with Gasteiger partial charge in [0, 0.05) is 24.7 Å². The monoisotopic (exact) mass is 294 g/mol. The lowest BCUT2D eigenvalue weighted by Crippen LogP contribution is -2.42. The molecule has 0 amide bonds. The first kappa shape index (κ1) is 15.2. The molecule has 2 N–H and O–H groups in total. The van der Waals surface area contributed by atoms with Crippen molar-refractivity contribution in [2.24, 2.45) is 0 Å². The van der Waals surface area contributed by atoms with E-state index in [1.54, 1.807) is 0 Å². The molecule has 2 rings (SSSR count). The molecule has 0 bridgehead atoms. The van der Waals surface area contributed by atoms with E-state index >= 15 is 0 Å². The number of hydrogen-bond acceptors (Lipinski definition) is 6. The lowest BCUT2D eigenvalue weighted by molar-refractivity contribution is -0.384. The smallest absolute Gasteiger partial charge is 0.354 e. The van der Waals surface area contributed by atoms with Crippen LogP contribution in [0.15, 0.2) is 12.1 Å². The Labute approximate surface area is 121 Å². The molecule has 8 heteroatoms. The van der Waals surface area contributed by atoms with Crippen LogP contribution in [0.5, 0.6) is 0 Å². The van der Waals surface area contributed by atoms with Gasteiger partial charge in [0.1, 0.15) is 0 Å². The summed E-state index contributed by atoms with van der Waals surface area (Å²) in [5.41, 5.74) is -0.407. The summed E-state index contributed by atoms with van der Waals surface area (Å²) in [7, 11) is 2.03. The molecular formula is C13H18N4O4. The van der Waals surface area contributed by atoms with Crippen molar-refractivity contribution < 1.29 is 14.8 Å². The third-order valence-electron chi connectivity index (χ3n) is 3.84. The Bertz CT molecular complexity index is 563. The predicted molar refractivity (Wildman–Crippen MR) is 76.6 cm³/mol. The fourth-order valence-corrected chi connectivity index (χ4v) is 2.44. The van der Waals surface area contributed by atoms with Crippen molar-refractivity contribution >= 4 is 17.5 Å². The van der Waals surface area contributed by atoms with Crippen molar-refractivity contribution in [1.82, 2.24) is 9.88 Å². The Hall–Kier alpha value is -2.22. The van der Waals surface area contributed by atoms with Gasteiger partial charge in [0.15, 0.2) is 5.69 Å². The number of rotatable bonds is 4. The quantitative estimate of drug-likeness (QED) is 0.641. The molecule has 1 aliphatic heterocycles. The Balaban J connectivity index is 2.23. The number of carboxylic acid groups (broad SMARTS) is 1. The van der Waals surface area contributed by atoms with Crippen LogP contribution < -0.4 is 5.32 Å². The van der Waals surface area contributed by atoms with Crippen molar-refractivity contribution in [3.8, 4) is 0 Å². The SMILES string of the molecule is CC1CC(Nc2nc(C(=O)O)ccc2[N+](=O)[O-])CCN1C. The van der Waals surface area contributed by atoms with Crippen molar-refractivity contribution in [2.45, 2.75) is 31.8 Å². The van der Waals surface area contributed by atoms with Crippen LogP contribution in [0.25, 0.3) is 0 Å². The summed E-state index contributed by atoms with van der Waals surface area (Å²) in [6.07, 6.45) is 1.66. The molecule has 2 atom stereocenters. The molecule has 0 saturated carbocycles. The topological polar surface area (TPSA) is 109 Å². The van der Waals surface area contributed by atoms with E-state index < -0.39 is 10.9 Å². The molecule has 2 unspecified atom stereocenters. The number of pyridine rings is 1. The van der Waals surface area contributed by atoms with E-state index in [4.69, 9.17) is 5.11 Å². The number of carboxylic acids is 1. The van der Waals surface area contributed by atoms with Gasteiger partial charge in [-0.3, -0.25) is 10.1 Å². The zero-order valence-electron chi connectivity index (χ0n) is 11.9. The molecule has 1 saturated heterocycles. The summed E-state index contributed by atoms with van der Waals surface area (Å²) >= 11 is 0. The highest BCUT2D eigenvalue weighted by Crippen LogP contribution is 2.26. The van der Waals surface area contributed by atoms with E-state index in [0.29, 0.717) is 6.04 Å². The Kier molecular flexibility index (Phi) is 4.37. The molecule has 1 aliphatic rings. The number of carbonyl (C=O) groups is 1. The second-order valence-electron chi connectivity index (χ2n) is 5.32. The molecule has 1 fully saturated rings. The van der Waals surface area contributed by atoms with Gasteiger partial charge in [-0.05, 0) is 32.9 Å².